The Hall–Kier alpha value is -1.73. The summed E-state index contributed by atoms with van der Waals surface area (Å²) in [5, 5.41) is 0.863. The summed E-state index contributed by atoms with van der Waals surface area (Å²) >= 11 is 1.62. The highest BCUT2D eigenvalue weighted by Gasteiger charge is 2.25. The maximum Gasteiger partial charge on any atom is 0.251 e. The van der Waals surface area contributed by atoms with Gasteiger partial charge in [-0.25, -0.2) is 4.98 Å². The van der Waals surface area contributed by atoms with Gasteiger partial charge in [0.1, 0.15) is 11.9 Å². The molecule has 1 aromatic carbocycles. The van der Waals surface area contributed by atoms with Gasteiger partial charge in [-0.2, -0.15) is 0 Å². The Labute approximate surface area is 139 Å². The van der Waals surface area contributed by atoms with E-state index in [1.165, 1.54) is 0 Å². The maximum absolute atomic E-state index is 12.0. The molecule has 0 bridgehead atoms. The van der Waals surface area contributed by atoms with Crippen LogP contribution in [-0.2, 0) is 9.53 Å². The zero-order valence-corrected chi connectivity index (χ0v) is 14.2. The number of imidazole rings is 1. The third kappa shape index (κ3) is 3.79. The molecule has 7 heteroatoms. The number of nitrogens with one attached hydrogen (secondary N) is 1. The van der Waals surface area contributed by atoms with Crippen molar-refractivity contribution < 1.29 is 14.3 Å². The van der Waals surface area contributed by atoms with E-state index in [2.05, 4.69) is 9.97 Å². The first-order valence-corrected chi connectivity index (χ1v) is 8.81. The number of carbonyl (C=O) groups excluding carboxylic acids is 1. The van der Waals surface area contributed by atoms with Crippen molar-refractivity contribution >= 4 is 28.7 Å². The van der Waals surface area contributed by atoms with Gasteiger partial charge in [-0.1, -0.05) is 11.8 Å². The summed E-state index contributed by atoms with van der Waals surface area (Å²) in [6.45, 7) is 6.40. The molecule has 1 unspecified atom stereocenters. The van der Waals surface area contributed by atoms with Crippen molar-refractivity contribution in [2.24, 2.45) is 0 Å². The lowest BCUT2D eigenvalue weighted by molar-refractivity contribution is -0.150. The molecule has 0 spiro atoms. The van der Waals surface area contributed by atoms with Gasteiger partial charge < -0.3 is 19.4 Å². The van der Waals surface area contributed by atoms with E-state index in [0.29, 0.717) is 26.3 Å². The number of aromatic nitrogens is 2. The van der Waals surface area contributed by atoms with Crippen molar-refractivity contribution in [1.29, 1.82) is 0 Å². The van der Waals surface area contributed by atoms with E-state index in [4.69, 9.17) is 9.47 Å². The van der Waals surface area contributed by atoms with Crippen LogP contribution < -0.4 is 4.74 Å². The van der Waals surface area contributed by atoms with Crippen LogP contribution in [0.1, 0.15) is 13.8 Å². The summed E-state index contributed by atoms with van der Waals surface area (Å²) < 4.78 is 10.8. The van der Waals surface area contributed by atoms with Crippen molar-refractivity contribution in [3.63, 3.8) is 0 Å². The molecule has 2 aromatic rings. The molecule has 3 rings (SSSR count). The molecule has 1 aromatic heterocycles. The lowest BCUT2D eigenvalue weighted by atomic mass is 10.3. The van der Waals surface area contributed by atoms with Gasteiger partial charge in [0.25, 0.3) is 5.91 Å². The van der Waals surface area contributed by atoms with Crippen molar-refractivity contribution in [2.45, 2.75) is 25.1 Å². The number of carbonyl (C=O) groups is 1. The molecular formula is C16H21N3O3S. The number of hydrogen-bond donors (Lipinski definition) is 1. The van der Waals surface area contributed by atoms with E-state index >= 15 is 0 Å². The Balaban J connectivity index is 1.58. The average molecular weight is 335 g/mol. The second-order valence-corrected chi connectivity index (χ2v) is 6.42. The van der Waals surface area contributed by atoms with Crippen LogP contribution in [0.2, 0.25) is 0 Å². The normalized spacial score (nSPS) is 18.6. The Morgan fingerprint density at radius 3 is 3.22 bits per heavy atom. The molecule has 1 aliphatic rings. The molecule has 1 N–H and O–H groups in total. The van der Waals surface area contributed by atoms with Crippen LogP contribution in [0, 0.1) is 0 Å². The minimum absolute atomic E-state index is 0.0720. The number of hydrogen-bond acceptors (Lipinski definition) is 5. The van der Waals surface area contributed by atoms with Crippen LogP contribution in [0.15, 0.2) is 23.4 Å². The summed E-state index contributed by atoms with van der Waals surface area (Å²) in [7, 11) is 0. The number of benzene rings is 1. The van der Waals surface area contributed by atoms with E-state index in [1.54, 1.807) is 18.7 Å². The largest absolute Gasteiger partial charge is 0.494 e. The first-order valence-electron chi connectivity index (χ1n) is 7.83. The molecule has 124 valence electrons. The molecule has 1 aliphatic heterocycles. The number of amides is 1. The number of ether oxygens (including phenoxy) is 2. The Morgan fingerprint density at radius 1 is 1.52 bits per heavy atom. The average Bonchev–Trinajstić information content (AvgIpc) is 2.94. The minimum Gasteiger partial charge on any atom is -0.494 e. The number of morpholine rings is 1. The van der Waals surface area contributed by atoms with Crippen LogP contribution in [-0.4, -0.2) is 58.9 Å². The number of H-pyrrole nitrogens is 1. The van der Waals surface area contributed by atoms with Crippen LogP contribution in [0.4, 0.5) is 0 Å². The van der Waals surface area contributed by atoms with Gasteiger partial charge in [0, 0.05) is 24.9 Å². The van der Waals surface area contributed by atoms with Crippen molar-refractivity contribution in [2.75, 3.05) is 32.1 Å². The first kappa shape index (κ1) is 16.1. The maximum atomic E-state index is 12.0. The second-order valence-electron chi connectivity index (χ2n) is 5.34. The topological polar surface area (TPSA) is 67.5 Å². The van der Waals surface area contributed by atoms with Gasteiger partial charge in [0.2, 0.25) is 0 Å². The fourth-order valence-electron chi connectivity index (χ4n) is 2.54. The van der Waals surface area contributed by atoms with Gasteiger partial charge in [-0.15, -0.1) is 0 Å². The first-order chi connectivity index (χ1) is 11.2. The molecule has 2 heterocycles. The zero-order chi connectivity index (χ0) is 16.2. The van der Waals surface area contributed by atoms with Crippen molar-refractivity contribution in [3.8, 4) is 5.75 Å². The Kier molecular flexibility index (Phi) is 5.07. The molecule has 1 atom stereocenters. The lowest BCUT2D eigenvalue weighted by Crippen LogP contribution is -2.47. The SMILES string of the molecule is CCOc1ccc2nc(SCCN3CCOC(C)C3=O)[nH]c2c1. The summed E-state index contributed by atoms with van der Waals surface area (Å²) in [4.78, 5) is 21.7. The molecule has 23 heavy (non-hydrogen) atoms. The number of rotatable bonds is 6. The van der Waals surface area contributed by atoms with Crippen molar-refractivity contribution in [1.82, 2.24) is 14.9 Å². The predicted molar refractivity (Wildman–Crippen MR) is 90.0 cm³/mol. The second kappa shape index (κ2) is 7.23. The number of aromatic amines is 1. The molecule has 0 aliphatic carbocycles. The van der Waals surface area contributed by atoms with Gasteiger partial charge >= 0.3 is 0 Å². The minimum atomic E-state index is -0.322. The monoisotopic (exact) mass is 335 g/mol. The van der Waals surface area contributed by atoms with Crippen LogP contribution >= 0.6 is 11.8 Å². The molecule has 1 amide bonds. The zero-order valence-electron chi connectivity index (χ0n) is 13.4. The number of fused-ring (bicyclic) bond motifs is 1. The van der Waals surface area contributed by atoms with E-state index in [-0.39, 0.29) is 12.0 Å². The van der Waals surface area contributed by atoms with Crippen molar-refractivity contribution in [3.05, 3.63) is 18.2 Å². The molecule has 6 nitrogen and oxygen atoms in total. The highest BCUT2D eigenvalue weighted by Crippen LogP contribution is 2.23. The fourth-order valence-corrected chi connectivity index (χ4v) is 3.39. The third-order valence-electron chi connectivity index (χ3n) is 3.73. The fraction of sp³-hybridized carbons (Fsp3) is 0.500. The Morgan fingerprint density at radius 2 is 2.39 bits per heavy atom. The summed E-state index contributed by atoms with van der Waals surface area (Å²) in [5.41, 5.74) is 1.89. The quantitative estimate of drug-likeness (QED) is 0.821. The molecule has 0 radical (unpaired) electrons. The standard InChI is InChI=1S/C16H21N3O3S/c1-3-21-12-4-5-13-14(10-12)18-16(17-13)23-9-7-19-6-8-22-11(2)15(19)20/h4-5,10-11H,3,6-9H2,1-2H3,(H,17,18). The Bertz CT molecular complexity index is 688. The summed E-state index contributed by atoms with van der Waals surface area (Å²) in [5.74, 6) is 1.72. The van der Waals surface area contributed by atoms with Crippen LogP contribution in [0.25, 0.3) is 11.0 Å². The highest BCUT2D eigenvalue weighted by molar-refractivity contribution is 7.99. The van der Waals surface area contributed by atoms with Crippen LogP contribution in [0.3, 0.4) is 0 Å². The molecule has 0 saturated carbocycles. The predicted octanol–water partition coefficient (Wildman–Crippen LogP) is 2.30. The van der Waals surface area contributed by atoms with E-state index in [0.717, 1.165) is 27.7 Å². The van der Waals surface area contributed by atoms with E-state index in [1.807, 2.05) is 30.0 Å². The van der Waals surface area contributed by atoms with E-state index in [9.17, 15) is 4.79 Å². The molecule has 1 fully saturated rings. The molecular weight excluding hydrogens is 314 g/mol. The molecule has 1 saturated heterocycles. The van der Waals surface area contributed by atoms with Gasteiger partial charge in [-0.3, -0.25) is 4.79 Å². The smallest absolute Gasteiger partial charge is 0.251 e. The summed E-state index contributed by atoms with van der Waals surface area (Å²) in [6, 6.07) is 5.84. The number of thioether (sulfide) groups is 1. The summed E-state index contributed by atoms with van der Waals surface area (Å²) in [6.07, 6.45) is -0.322. The highest BCUT2D eigenvalue weighted by atomic mass is 32.2. The van der Waals surface area contributed by atoms with Gasteiger partial charge in [0.05, 0.1) is 24.2 Å². The lowest BCUT2D eigenvalue weighted by Gasteiger charge is -2.30. The van der Waals surface area contributed by atoms with E-state index < -0.39 is 0 Å². The van der Waals surface area contributed by atoms with Gasteiger partial charge in [0.15, 0.2) is 5.16 Å². The van der Waals surface area contributed by atoms with Crippen LogP contribution in [0.5, 0.6) is 5.75 Å². The number of nitrogens with zero attached hydrogens (tertiary/aromatic N) is 2. The van der Waals surface area contributed by atoms with Gasteiger partial charge in [-0.05, 0) is 26.0 Å². The third-order valence-corrected chi connectivity index (χ3v) is 4.58.